The zero-order valence-electron chi connectivity index (χ0n) is 17.5. The number of nitrogens with one attached hydrogen (secondary N) is 2. The summed E-state index contributed by atoms with van der Waals surface area (Å²) in [5.74, 6) is 3.12. The maximum Gasteiger partial charge on any atom is 0.191 e. The van der Waals surface area contributed by atoms with Crippen molar-refractivity contribution in [3.05, 3.63) is 23.8 Å². The molecule has 0 aliphatic heterocycles. The minimum Gasteiger partial charge on any atom is -0.493 e. The van der Waals surface area contributed by atoms with Crippen LogP contribution in [0.1, 0.15) is 57.4 Å². The summed E-state index contributed by atoms with van der Waals surface area (Å²) in [6.07, 6.45) is 9.59. The molecule has 0 saturated heterocycles. The van der Waals surface area contributed by atoms with Gasteiger partial charge in [0, 0.05) is 13.1 Å². The Morgan fingerprint density at radius 1 is 1.18 bits per heavy atom. The van der Waals surface area contributed by atoms with Crippen molar-refractivity contribution in [3.8, 4) is 11.5 Å². The molecule has 1 aromatic carbocycles. The predicted molar refractivity (Wildman–Crippen MR) is 114 cm³/mol. The summed E-state index contributed by atoms with van der Waals surface area (Å²) >= 11 is 0. The van der Waals surface area contributed by atoms with Crippen LogP contribution >= 0.6 is 0 Å². The Morgan fingerprint density at radius 3 is 2.71 bits per heavy atom. The molecule has 0 atom stereocenters. The summed E-state index contributed by atoms with van der Waals surface area (Å²) in [5.41, 5.74) is 1.05. The molecule has 158 valence electrons. The molecular formula is C22H37N3O3. The number of aliphatic imine (C=N–C) groups is 1. The monoisotopic (exact) mass is 391 g/mol. The lowest BCUT2D eigenvalue weighted by Gasteiger charge is -2.13. The first-order chi connectivity index (χ1) is 13.8. The average molecular weight is 392 g/mol. The molecule has 0 spiro atoms. The van der Waals surface area contributed by atoms with Crippen LogP contribution < -0.4 is 20.1 Å². The van der Waals surface area contributed by atoms with Crippen LogP contribution in [-0.2, 0) is 6.54 Å². The lowest BCUT2D eigenvalue weighted by atomic mass is 10.0. The minimum absolute atomic E-state index is 0.0203. The Labute approximate surface area is 169 Å². The van der Waals surface area contributed by atoms with Gasteiger partial charge in [0.2, 0.25) is 0 Å². The third-order valence-electron chi connectivity index (χ3n) is 5.15. The predicted octanol–water partition coefficient (Wildman–Crippen LogP) is 3.48. The Morgan fingerprint density at radius 2 is 2.00 bits per heavy atom. The number of unbranched alkanes of at least 4 members (excludes halogenated alkanes) is 1. The number of hydrogen-bond acceptors (Lipinski definition) is 4. The number of hydrogen-bond donors (Lipinski definition) is 3. The highest BCUT2D eigenvalue weighted by Gasteiger charge is 2.13. The van der Waals surface area contributed by atoms with Crippen LogP contribution in [0.2, 0.25) is 0 Å². The van der Waals surface area contributed by atoms with Gasteiger partial charge < -0.3 is 25.2 Å². The first kappa shape index (κ1) is 22.3. The van der Waals surface area contributed by atoms with Crippen LogP contribution in [0.4, 0.5) is 0 Å². The van der Waals surface area contributed by atoms with E-state index in [9.17, 15) is 0 Å². The van der Waals surface area contributed by atoms with E-state index in [1.807, 2.05) is 18.2 Å². The molecular weight excluding hydrogens is 354 g/mol. The van der Waals surface area contributed by atoms with Gasteiger partial charge in [0.25, 0.3) is 0 Å². The fourth-order valence-electron chi connectivity index (χ4n) is 3.66. The van der Waals surface area contributed by atoms with Gasteiger partial charge in [-0.2, -0.15) is 0 Å². The molecule has 1 aliphatic rings. The number of aliphatic hydroxyl groups is 1. The third kappa shape index (κ3) is 7.97. The van der Waals surface area contributed by atoms with Gasteiger partial charge in [-0.05, 0) is 37.0 Å². The van der Waals surface area contributed by atoms with Crippen molar-refractivity contribution in [1.29, 1.82) is 0 Å². The Hall–Kier alpha value is -1.95. The number of rotatable bonds is 12. The molecule has 0 amide bonds. The number of ether oxygens (including phenoxy) is 2. The second-order valence-electron chi connectivity index (χ2n) is 7.33. The van der Waals surface area contributed by atoms with Gasteiger partial charge in [-0.25, -0.2) is 4.99 Å². The summed E-state index contributed by atoms with van der Waals surface area (Å²) in [5, 5.41) is 15.7. The zero-order valence-corrected chi connectivity index (χ0v) is 17.5. The lowest BCUT2D eigenvalue weighted by molar-refractivity contribution is 0.196. The van der Waals surface area contributed by atoms with Gasteiger partial charge in [0.1, 0.15) is 6.61 Å². The van der Waals surface area contributed by atoms with Gasteiger partial charge in [0.05, 0.1) is 20.3 Å². The normalized spacial score (nSPS) is 14.9. The third-order valence-corrected chi connectivity index (χ3v) is 5.15. The van der Waals surface area contributed by atoms with Gasteiger partial charge in [0.15, 0.2) is 17.5 Å². The van der Waals surface area contributed by atoms with E-state index in [1.54, 1.807) is 7.11 Å². The molecule has 0 heterocycles. The van der Waals surface area contributed by atoms with Crippen LogP contribution in [-0.4, -0.2) is 44.5 Å². The maximum absolute atomic E-state index is 8.90. The van der Waals surface area contributed by atoms with Crippen molar-refractivity contribution >= 4 is 5.96 Å². The van der Waals surface area contributed by atoms with Crippen molar-refractivity contribution in [3.63, 3.8) is 0 Å². The Kier molecular flexibility index (Phi) is 10.6. The second-order valence-corrected chi connectivity index (χ2v) is 7.33. The molecule has 6 nitrogen and oxygen atoms in total. The maximum atomic E-state index is 8.90. The van der Waals surface area contributed by atoms with E-state index < -0.39 is 0 Å². The number of methoxy groups -OCH3 is 1. The van der Waals surface area contributed by atoms with Gasteiger partial charge >= 0.3 is 0 Å². The Balaban J connectivity index is 1.80. The molecule has 0 bridgehead atoms. The largest absolute Gasteiger partial charge is 0.493 e. The number of guanidine groups is 1. The summed E-state index contributed by atoms with van der Waals surface area (Å²) < 4.78 is 10.9. The molecule has 1 aromatic rings. The van der Waals surface area contributed by atoms with Crippen molar-refractivity contribution in [2.45, 2.75) is 58.4 Å². The Bertz CT molecular complexity index is 586. The molecule has 0 radical (unpaired) electrons. The van der Waals surface area contributed by atoms with E-state index in [2.05, 4.69) is 22.5 Å². The highest BCUT2D eigenvalue weighted by molar-refractivity contribution is 5.79. The first-order valence-corrected chi connectivity index (χ1v) is 10.7. The SMILES string of the molecule is CCNC(=NCc1ccc(OCCO)c(OC)c1)NCCCCC1CCCC1. The van der Waals surface area contributed by atoms with Crippen molar-refractivity contribution in [2.24, 2.45) is 10.9 Å². The quantitative estimate of drug-likeness (QED) is 0.289. The van der Waals surface area contributed by atoms with Crippen LogP contribution in [0, 0.1) is 5.92 Å². The van der Waals surface area contributed by atoms with Gasteiger partial charge in [-0.1, -0.05) is 44.6 Å². The highest BCUT2D eigenvalue weighted by Crippen LogP contribution is 2.29. The molecule has 0 aromatic heterocycles. The van der Waals surface area contributed by atoms with Crippen molar-refractivity contribution < 1.29 is 14.6 Å². The average Bonchev–Trinajstić information content (AvgIpc) is 3.23. The number of benzene rings is 1. The summed E-state index contributed by atoms with van der Waals surface area (Å²) in [7, 11) is 1.62. The standard InChI is InChI=1S/C22H37N3O3/c1-3-23-22(24-13-7-6-10-18-8-4-5-9-18)25-17-19-11-12-20(28-15-14-26)21(16-19)27-2/h11-12,16,18,26H,3-10,13-15,17H2,1-2H3,(H2,23,24,25). The molecule has 28 heavy (non-hydrogen) atoms. The van der Waals surface area contributed by atoms with Crippen LogP contribution in [0.5, 0.6) is 11.5 Å². The molecule has 6 heteroatoms. The smallest absolute Gasteiger partial charge is 0.191 e. The minimum atomic E-state index is -0.0203. The summed E-state index contributed by atoms with van der Waals surface area (Å²) in [6.45, 7) is 4.67. The van der Waals surface area contributed by atoms with E-state index in [1.165, 1.54) is 44.9 Å². The summed E-state index contributed by atoms with van der Waals surface area (Å²) in [6, 6.07) is 5.77. The molecule has 1 saturated carbocycles. The van der Waals surface area contributed by atoms with E-state index in [-0.39, 0.29) is 13.2 Å². The van der Waals surface area contributed by atoms with Gasteiger partial charge in [-0.3, -0.25) is 0 Å². The zero-order chi connectivity index (χ0) is 20.0. The fraction of sp³-hybridized carbons (Fsp3) is 0.682. The van der Waals surface area contributed by atoms with Crippen molar-refractivity contribution in [1.82, 2.24) is 10.6 Å². The van der Waals surface area contributed by atoms with E-state index in [0.717, 1.165) is 30.5 Å². The molecule has 2 rings (SSSR count). The molecule has 1 aliphatic carbocycles. The van der Waals surface area contributed by atoms with Crippen LogP contribution in [0.15, 0.2) is 23.2 Å². The number of nitrogens with zero attached hydrogens (tertiary/aromatic N) is 1. The topological polar surface area (TPSA) is 75.1 Å². The van der Waals surface area contributed by atoms with Crippen LogP contribution in [0.3, 0.4) is 0 Å². The van der Waals surface area contributed by atoms with E-state index in [4.69, 9.17) is 14.6 Å². The molecule has 1 fully saturated rings. The highest BCUT2D eigenvalue weighted by atomic mass is 16.5. The van der Waals surface area contributed by atoms with E-state index in [0.29, 0.717) is 18.0 Å². The van der Waals surface area contributed by atoms with E-state index >= 15 is 0 Å². The summed E-state index contributed by atoms with van der Waals surface area (Å²) in [4.78, 5) is 4.68. The number of aliphatic hydroxyl groups excluding tert-OH is 1. The van der Waals surface area contributed by atoms with Gasteiger partial charge in [-0.15, -0.1) is 0 Å². The molecule has 3 N–H and O–H groups in total. The van der Waals surface area contributed by atoms with Crippen molar-refractivity contribution in [2.75, 3.05) is 33.4 Å². The van der Waals surface area contributed by atoms with Crippen LogP contribution in [0.25, 0.3) is 0 Å². The second kappa shape index (κ2) is 13.3. The fourth-order valence-corrected chi connectivity index (χ4v) is 3.66. The first-order valence-electron chi connectivity index (χ1n) is 10.7. The lowest BCUT2D eigenvalue weighted by Crippen LogP contribution is -2.37. The molecule has 0 unspecified atom stereocenters.